The molecule has 2 aromatic carbocycles. The van der Waals surface area contributed by atoms with E-state index in [-0.39, 0.29) is 23.8 Å². The summed E-state index contributed by atoms with van der Waals surface area (Å²) in [6.07, 6.45) is 1.44. The normalized spacial score (nSPS) is 10.6. The predicted octanol–water partition coefficient (Wildman–Crippen LogP) is 2.46. The van der Waals surface area contributed by atoms with Gasteiger partial charge in [-0.25, -0.2) is 0 Å². The van der Waals surface area contributed by atoms with Crippen molar-refractivity contribution in [2.45, 2.75) is 6.54 Å². The molecule has 2 N–H and O–H groups in total. The molecule has 0 aliphatic heterocycles. The quantitative estimate of drug-likeness (QED) is 0.765. The lowest BCUT2D eigenvalue weighted by Crippen LogP contribution is -2.23. The Labute approximate surface area is 114 Å². The van der Waals surface area contributed by atoms with Crippen LogP contribution in [0.5, 0.6) is 5.75 Å². The van der Waals surface area contributed by atoms with Gasteiger partial charge in [0.2, 0.25) is 0 Å². The van der Waals surface area contributed by atoms with E-state index < -0.39 is 0 Å². The van der Waals surface area contributed by atoms with Gasteiger partial charge >= 0.3 is 0 Å². The molecule has 20 heavy (non-hydrogen) atoms. The van der Waals surface area contributed by atoms with Crippen LogP contribution in [-0.2, 0) is 6.54 Å². The lowest BCUT2D eigenvalue weighted by Gasteiger charge is -2.07. The van der Waals surface area contributed by atoms with E-state index in [4.69, 9.17) is 0 Å². The number of carbonyl (C=O) groups is 1. The van der Waals surface area contributed by atoms with E-state index in [1.165, 1.54) is 6.26 Å². The van der Waals surface area contributed by atoms with Gasteiger partial charge in [-0.3, -0.25) is 4.79 Å². The average molecular weight is 268 g/mol. The average Bonchev–Trinajstić information content (AvgIpc) is 2.97. The van der Waals surface area contributed by atoms with Crippen molar-refractivity contribution >= 4 is 16.7 Å². The van der Waals surface area contributed by atoms with Crippen molar-refractivity contribution in [3.8, 4) is 5.75 Å². The number of carbonyl (C=O) groups excluding carboxylic acids is 1. The van der Waals surface area contributed by atoms with Crippen LogP contribution in [0.3, 0.4) is 0 Å². The van der Waals surface area contributed by atoms with Crippen LogP contribution < -0.4 is 5.32 Å². The molecule has 100 valence electrons. The van der Waals surface area contributed by atoms with Crippen molar-refractivity contribution in [3.05, 3.63) is 60.0 Å². The largest absolute Gasteiger partial charge is 0.507 e. The van der Waals surface area contributed by atoms with Gasteiger partial charge in [-0.2, -0.15) is 0 Å². The molecule has 1 aromatic heterocycles. The molecule has 0 aliphatic carbocycles. The van der Waals surface area contributed by atoms with Crippen LogP contribution in [0.25, 0.3) is 10.8 Å². The Hall–Kier alpha value is -2.82. The number of nitrogens with zero attached hydrogens (tertiary/aromatic N) is 1. The number of phenolic OH excluding ortho intramolecular Hbond substituents is 1. The highest BCUT2D eigenvalue weighted by atomic mass is 16.5. The zero-order valence-corrected chi connectivity index (χ0v) is 10.5. The Morgan fingerprint density at radius 1 is 1.20 bits per heavy atom. The molecule has 5 nitrogen and oxygen atoms in total. The molecule has 0 saturated heterocycles. The van der Waals surface area contributed by atoms with Crippen LogP contribution in [0.15, 0.2) is 53.3 Å². The second-order valence-electron chi connectivity index (χ2n) is 4.39. The molecule has 0 spiro atoms. The summed E-state index contributed by atoms with van der Waals surface area (Å²) >= 11 is 0. The molecule has 0 unspecified atom stereocenters. The van der Waals surface area contributed by atoms with Crippen LogP contribution in [0.2, 0.25) is 0 Å². The molecule has 1 amide bonds. The van der Waals surface area contributed by atoms with E-state index in [0.29, 0.717) is 5.69 Å². The minimum absolute atomic E-state index is 0.0404. The third-order valence-electron chi connectivity index (χ3n) is 3.03. The van der Waals surface area contributed by atoms with Gasteiger partial charge in [0.25, 0.3) is 5.91 Å². The van der Waals surface area contributed by atoms with E-state index in [1.54, 1.807) is 18.2 Å². The maximum atomic E-state index is 12.1. The second-order valence-corrected chi connectivity index (χ2v) is 4.39. The number of amides is 1. The smallest absolute Gasteiger partial charge is 0.255 e. The lowest BCUT2D eigenvalue weighted by molar-refractivity contribution is 0.0947. The minimum atomic E-state index is -0.351. The zero-order chi connectivity index (χ0) is 13.9. The first kappa shape index (κ1) is 12.2. The summed E-state index contributed by atoms with van der Waals surface area (Å²) in [5.74, 6) is -0.391. The first-order chi connectivity index (χ1) is 9.74. The molecule has 0 fully saturated rings. The Balaban J connectivity index is 1.85. The lowest BCUT2D eigenvalue weighted by atomic mass is 10.1. The monoisotopic (exact) mass is 268 g/mol. The number of rotatable bonds is 3. The molecular formula is C15H12N2O3. The standard InChI is InChI=1S/C15H12N2O3/c18-14-8-11-4-2-1-3-10(11)7-13(14)15(19)16-9-12-5-6-20-17-12/h1-8,18H,9H2,(H,16,19). The van der Waals surface area contributed by atoms with Gasteiger partial charge in [0, 0.05) is 6.07 Å². The summed E-state index contributed by atoms with van der Waals surface area (Å²) in [7, 11) is 0. The van der Waals surface area contributed by atoms with E-state index in [0.717, 1.165) is 10.8 Å². The van der Waals surface area contributed by atoms with Gasteiger partial charge in [-0.15, -0.1) is 0 Å². The summed E-state index contributed by atoms with van der Waals surface area (Å²) < 4.78 is 4.68. The van der Waals surface area contributed by atoms with Crippen LogP contribution in [-0.4, -0.2) is 16.2 Å². The Morgan fingerprint density at radius 2 is 1.95 bits per heavy atom. The van der Waals surface area contributed by atoms with Crippen molar-refractivity contribution in [1.82, 2.24) is 10.5 Å². The number of aromatic nitrogens is 1. The summed E-state index contributed by atoms with van der Waals surface area (Å²) in [5.41, 5.74) is 0.867. The van der Waals surface area contributed by atoms with Crippen molar-refractivity contribution in [2.24, 2.45) is 0 Å². The Bertz CT molecular complexity index is 751. The SMILES string of the molecule is O=C(NCc1ccon1)c1cc2ccccc2cc1O. The maximum Gasteiger partial charge on any atom is 0.255 e. The van der Waals surface area contributed by atoms with Crippen molar-refractivity contribution in [1.29, 1.82) is 0 Å². The zero-order valence-electron chi connectivity index (χ0n) is 10.5. The molecule has 3 aromatic rings. The first-order valence-electron chi connectivity index (χ1n) is 6.13. The minimum Gasteiger partial charge on any atom is -0.507 e. The number of fused-ring (bicyclic) bond motifs is 1. The van der Waals surface area contributed by atoms with Crippen LogP contribution in [0, 0.1) is 0 Å². The highest BCUT2D eigenvalue weighted by Crippen LogP contribution is 2.24. The van der Waals surface area contributed by atoms with Crippen LogP contribution in [0.4, 0.5) is 0 Å². The highest BCUT2D eigenvalue weighted by Gasteiger charge is 2.12. The van der Waals surface area contributed by atoms with Crippen LogP contribution in [0.1, 0.15) is 16.1 Å². The number of aromatic hydroxyl groups is 1. The van der Waals surface area contributed by atoms with Gasteiger partial charge in [0.1, 0.15) is 17.7 Å². The molecule has 0 aliphatic rings. The first-order valence-corrected chi connectivity index (χ1v) is 6.13. The Kier molecular flexibility index (Phi) is 3.09. The fourth-order valence-electron chi connectivity index (χ4n) is 2.00. The van der Waals surface area contributed by atoms with Crippen LogP contribution >= 0.6 is 0 Å². The maximum absolute atomic E-state index is 12.1. The molecule has 5 heteroatoms. The third kappa shape index (κ3) is 2.33. The third-order valence-corrected chi connectivity index (χ3v) is 3.03. The topological polar surface area (TPSA) is 75.4 Å². The number of hydrogen-bond donors (Lipinski definition) is 2. The molecular weight excluding hydrogens is 256 g/mol. The number of nitrogens with one attached hydrogen (secondary N) is 1. The highest BCUT2D eigenvalue weighted by molar-refractivity contribution is 6.01. The molecule has 0 saturated carbocycles. The summed E-state index contributed by atoms with van der Waals surface area (Å²) in [6.45, 7) is 0.252. The van der Waals surface area contributed by atoms with E-state index in [1.807, 2.05) is 24.3 Å². The Morgan fingerprint density at radius 3 is 2.65 bits per heavy atom. The van der Waals surface area contributed by atoms with Gasteiger partial charge in [-0.1, -0.05) is 29.4 Å². The molecule has 0 bridgehead atoms. The van der Waals surface area contributed by atoms with Crippen molar-refractivity contribution < 1.29 is 14.4 Å². The predicted molar refractivity (Wildman–Crippen MR) is 73.3 cm³/mol. The molecule has 1 heterocycles. The summed E-state index contributed by atoms with van der Waals surface area (Å²) in [5, 5.41) is 18.1. The molecule has 0 radical (unpaired) electrons. The number of benzene rings is 2. The number of phenols is 1. The fraction of sp³-hybridized carbons (Fsp3) is 0.0667. The van der Waals surface area contributed by atoms with Gasteiger partial charge in [0.15, 0.2) is 0 Å². The molecule has 0 atom stereocenters. The van der Waals surface area contributed by atoms with Gasteiger partial charge < -0.3 is 14.9 Å². The second kappa shape index (κ2) is 5.05. The summed E-state index contributed by atoms with van der Waals surface area (Å²) in [6, 6.07) is 12.5. The fourth-order valence-corrected chi connectivity index (χ4v) is 2.00. The van der Waals surface area contributed by atoms with Gasteiger partial charge in [0.05, 0.1) is 12.1 Å². The van der Waals surface area contributed by atoms with Crippen molar-refractivity contribution in [2.75, 3.05) is 0 Å². The van der Waals surface area contributed by atoms with E-state index >= 15 is 0 Å². The molecule has 3 rings (SSSR count). The van der Waals surface area contributed by atoms with E-state index in [9.17, 15) is 9.90 Å². The van der Waals surface area contributed by atoms with E-state index in [2.05, 4.69) is 15.0 Å². The number of hydrogen-bond acceptors (Lipinski definition) is 4. The van der Waals surface area contributed by atoms with Gasteiger partial charge in [-0.05, 0) is 22.9 Å². The summed E-state index contributed by atoms with van der Waals surface area (Å²) in [4.78, 5) is 12.1. The van der Waals surface area contributed by atoms with Crippen molar-refractivity contribution in [3.63, 3.8) is 0 Å².